The van der Waals surface area contributed by atoms with Gasteiger partial charge in [-0.3, -0.25) is 0 Å². The molecule has 5 aliphatic carbocycles. The van der Waals surface area contributed by atoms with Crippen molar-refractivity contribution in [2.75, 3.05) is 6.61 Å². The van der Waals surface area contributed by atoms with E-state index in [4.69, 9.17) is 4.74 Å². The fourth-order valence-electron chi connectivity index (χ4n) is 7.08. The van der Waals surface area contributed by atoms with E-state index >= 15 is 0 Å². The van der Waals surface area contributed by atoms with Crippen LogP contribution in [0.3, 0.4) is 0 Å². The summed E-state index contributed by atoms with van der Waals surface area (Å²) in [6.07, 6.45) is 14.4. The molecule has 1 amide bonds. The van der Waals surface area contributed by atoms with Gasteiger partial charge >= 0.3 is 6.09 Å². The lowest BCUT2D eigenvalue weighted by molar-refractivity contribution is -0.0302. The minimum Gasteiger partial charge on any atom is -0.445 e. The molecule has 4 atom stereocenters. The Bertz CT molecular complexity index is 961. The highest BCUT2D eigenvalue weighted by Gasteiger charge is 2.81. The van der Waals surface area contributed by atoms with Crippen LogP contribution in [0.1, 0.15) is 44.1 Å². The molecule has 0 aromatic heterocycles. The van der Waals surface area contributed by atoms with E-state index in [0.29, 0.717) is 12.5 Å². The van der Waals surface area contributed by atoms with Crippen molar-refractivity contribution in [3.05, 3.63) is 71.1 Å². The molecule has 5 aliphatic rings. The first-order valence-corrected chi connectivity index (χ1v) is 10.3. The van der Waals surface area contributed by atoms with E-state index in [2.05, 4.69) is 23.5 Å². The topological polar surface area (TPSA) is 38.3 Å². The quantitative estimate of drug-likeness (QED) is 0.754. The number of carbonyl (C=O) groups is 1. The van der Waals surface area contributed by atoms with Crippen LogP contribution in [-0.4, -0.2) is 18.2 Å². The first kappa shape index (κ1) is 16.6. The van der Waals surface area contributed by atoms with Crippen LogP contribution in [0.2, 0.25) is 0 Å². The van der Waals surface area contributed by atoms with Crippen LogP contribution in [0.4, 0.5) is 9.18 Å². The maximum absolute atomic E-state index is 13.5. The smallest absolute Gasteiger partial charge is 0.407 e. The number of hydrogen-bond donors (Lipinski definition) is 1. The fraction of sp³-hybridized carbons (Fsp3) is 0.458. The first-order valence-electron chi connectivity index (χ1n) is 10.3. The molecule has 0 heterocycles. The van der Waals surface area contributed by atoms with Crippen molar-refractivity contribution >= 4 is 6.09 Å². The second-order valence-corrected chi connectivity index (χ2v) is 9.33. The van der Waals surface area contributed by atoms with Gasteiger partial charge in [0.15, 0.2) is 0 Å². The summed E-state index contributed by atoms with van der Waals surface area (Å²) in [6, 6.07) is 7.04. The van der Waals surface area contributed by atoms with E-state index in [0.717, 1.165) is 44.1 Å². The normalized spacial score (nSPS) is 38.7. The summed E-state index contributed by atoms with van der Waals surface area (Å²) in [5.74, 6) is 0.427. The molecule has 1 spiro atoms. The number of benzene rings is 1. The number of halogens is 1. The summed E-state index contributed by atoms with van der Waals surface area (Å²) in [5.41, 5.74) is 3.81. The van der Waals surface area contributed by atoms with E-state index in [1.807, 2.05) is 18.2 Å². The molecular formula is C24H24FNO2. The molecule has 6 rings (SSSR count). The number of rotatable bonds is 4. The number of nitrogens with one attached hydrogen (secondary N) is 1. The Morgan fingerprint density at radius 1 is 1.21 bits per heavy atom. The standard InChI is InChI=1S/C24H24FNO2/c25-20-8-6-17(7-9-20)23-12-19-10-18-11-22(14-23,15-24(18,19)23)26-21(27)28-13-16-4-2-1-3-5-16/h2,4-10,19H,1,3,11-15H2,(H,26,27). The molecule has 2 bridgehead atoms. The molecule has 4 unspecified atom stereocenters. The molecule has 28 heavy (non-hydrogen) atoms. The Morgan fingerprint density at radius 3 is 2.82 bits per heavy atom. The lowest BCUT2D eigenvalue weighted by Gasteiger charge is -2.68. The fourth-order valence-corrected chi connectivity index (χ4v) is 7.08. The van der Waals surface area contributed by atoms with Crippen molar-refractivity contribution in [2.24, 2.45) is 11.3 Å². The van der Waals surface area contributed by atoms with Crippen molar-refractivity contribution in [1.82, 2.24) is 5.32 Å². The zero-order valence-corrected chi connectivity index (χ0v) is 15.8. The minimum atomic E-state index is -0.315. The molecule has 3 nitrogen and oxygen atoms in total. The second-order valence-electron chi connectivity index (χ2n) is 9.33. The summed E-state index contributed by atoms with van der Waals surface area (Å²) < 4.78 is 19.0. The van der Waals surface area contributed by atoms with Gasteiger partial charge in [0.2, 0.25) is 0 Å². The number of amides is 1. The molecule has 1 aromatic carbocycles. The average molecular weight is 377 g/mol. The monoisotopic (exact) mass is 377 g/mol. The SMILES string of the molecule is O=C(NC12CC3=CC4CC(c5ccc(F)cc5)(C1)C34C2)OCC1=CCCC=C1. The van der Waals surface area contributed by atoms with E-state index in [1.165, 1.54) is 11.1 Å². The third-order valence-electron chi connectivity index (χ3n) is 8.02. The number of carbonyl (C=O) groups excluding carboxylic acids is 1. The molecule has 0 radical (unpaired) electrons. The van der Waals surface area contributed by atoms with Crippen LogP contribution >= 0.6 is 0 Å². The van der Waals surface area contributed by atoms with Gasteiger partial charge in [-0.25, -0.2) is 9.18 Å². The van der Waals surface area contributed by atoms with Gasteiger partial charge in [-0.1, -0.05) is 42.0 Å². The number of ether oxygens (including phenoxy) is 1. The Balaban J connectivity index is 1.22. The molecule has 3 fully saturated rings. The molecule has 0 saturated heterocycles. The van der Waals surface area contributed by atoms with Gasteiger partial charge in [0, 0.05) is 16.4 Å². The van der Waals surface area contributed by atoms with E-state index in [1.54, 1.807) is 12.1 Å². The first-order chi connectivity index (χ1) is 13.6. The van der Waals surface area contributed by atoms with Crippen LogP contribution in [0.25, 0.3) is 0 Å². The Kier molecular flexibility index (Phi) is 3.18. The molecule has 3 saturated carbocycles. The van der Waals surface area contributed by atoms with Gasteiger partial charge in [-0.05, 0) is 67.7 Å². The predicted molar refractivity (Wildman–Crippen MR) is 104 cm³/mol. The molecule has 144 valence electrons. The third-order valence-corrected chi connectivity index (χ3v) is 8.02. The van der Waals surface area contributed by atoms with Gasteiger partial charge < -0.3 is 10.1 Å². The Hall–Kier alpha value is -2.36. The van der Waals surface area contributed by atoms with Gasteiger partial charge in [0.05, 0.1) is 0 Å². The van der Waals surface area contributed by atoms with Gasteiger partial charge in [-0.2, -0.15) is 0 Å². The third kappa shape index (κ3) is 1.96. The summed E-state index contributed by atoms with van der Waals surface area (Å²) in [6.45, 7) is 0.331. The van der Waals surface area contributed by atoms with Crippen molar-refractivity contribution in [1.29, 1.82) is 0 Å². The lowest BCUT2D eigenvalue weighted by Crippen LogP contribution is -2.64. The van der Waals surface area contributed by atoms with Gasteiger partial charge in [0.25, 0.3) is 0 Å². The van der Waals surface area contributed by atoms with Crippen LogP contribution in [0.5, 0.6) is 0 Å². The van der Waals surface area contributed by atoms with Crippen molar-refractivity contribution in [3.8, 4) is 0 Å². The summed E-state index contributed by atoms with van der Waals surface area (Å²) in [4.78, 5) is 12.6. The second kappa shape index (κ2) is 5.37. The Labute approximate surface area is 164 Å². The molecule has 4 heteroatoms. The van der Waals surface area contributed by atoms with Crippen LogP contribution in [0.15, 0.2) is 59.7 Å². The maximum Gasteiger partial charge on any atom is 0.407 e. The number of fused-ring (bicyclic) bond motifs is 1. The molecule has 1 N–H and O–H groups in total. The number of hydrogen-bond acceptors (Lipinski definition) is 2. The minimum absolute atomic E-state index is 0.0512. The van der Waals surface area contributed by atoms with E-state index in [-0.39, 0.29) is 28.3 Å². The average Bonchev–Trinajstić information content (AvgIpc) is 3.12. The van der Waals surface area contributed by atoms with E-state index < -0.39 is 0 Å². The maximum atomic E-state index is 13.5. The highest BCUT2D eigenvalue weighted by molar-refractivity contribution is 5.71. The number of allylic oxidation sites excluding steroid dienone is 3. The summed E-state index contributed by atoms with van der Waals surface area (Å²) in [7, 11) is 0. The van der Waals surface area contributed by atoms with E-state index in [9.17, 15) is 9.18 Å². The van der Waals surface area contributed by atoms with Gasteiger partial charge in [-0.15, -0.1) is 0 Å². The highest BCUT2D eigenvalue weighted by Crippen LogP contribution is 2.84. The number of alkyl carbamates (subject to hydrolysis) is 1. The van der Waals surface area contributed by atoms with Crippen molar-refractivity contribution in [3.63, 3.8) is 0 Å². The summed E-state index contributed by atoms with van der Waals surface area (Å²) in [5, 5.41) is 3.25. The zero-order chi connectivity index (χ0) is 19.0. The molecule has 0 aliphatic heterocycles. The zero-order valence-electron chi connectivity index (χ0n) is 15.8. The van der Waals surface area contributed by atoms with Crippen LogP contribution in [-0.2, 0) is 10.2 Å². The lowest BCUT2D eigenvalue weighted by atomic mass is 9.35. The Morgan fingerprint density at radius 2 is 2.07 bits per heavy atom. The van der Waals surface area contributed by atoms with Crippen molar-refractivity contribution in [2.45, 2.75) is 49.5 Å². The molecular weight excluding hydrogens is 353 g/mol. The molecule has 1 aromatic rings. The highest BCUT2D eigenvalue weighted by atomic mass is 19.1. The van der Waals surface area contributed by atoms with Crippen molar-refractivity contribution < 1.29 is 13.9 Å². The van der Waals surface area contributed by atoms with Gasteiger partial charge in [0.1, 0.15) is 12.4 Å². The summed E-state index contributed by atoms with van der Waals surface area (Å²) >= 11 is 0. The van der Waals surface area contributed by atoms with Crippen LogP contribution in [0, 0.1) is 17.2 Å². The largest absolute Gasteiger partial charge is 0.445 e. The van der Waals surface area contributed by atoms with Crippen LogP contribution < -0.4 is 5.32 Å². The predicted octanol–water partition coefficient (Wildman–Crippen LogP) is 4.95.